The Hall–Kier alpha value is -1.53. The topological polar surface area (TPSA) is 43.9 Å². The molecule has 1 aromatic rings. The summed E-state index contributed by atoms with van der Waals surface area (Å²) in [7, 11) is 3.95. The summed E-state index contributed by atoms with van der Waals surface area (Å²) in [5, 5.41) is 0. The molecule has 142 valence electrons. The number of thioether (sulfide) groups is 1. The van der Waals surface area contributed by atoms with Gasteiger partial charge < -0.3 is 14.7 Å². The number of nitrogens with zero attached hydrogens (tertiary/aromatic N) is 3. The van der Waals surface area contributed by atoms with Crippen LogP contribution in [0.15, 0.2) is 29.2 Å². The highest BCUT2D eigenvalue weighted by Gasteiger charge is 2.44. The molecule has 2 aliphatic heterocycles. The van der Waals surface area contributed by atoms with Gasteiger partial charge in [-0.05, 0) is 62.3 Å². The molecule has 2 amide bonds. The zero-order valence-corrected chi connectivity index (χ0v) is 16.8. The van der Waals surface area contributed by atoms with Gasteiger partial charge in [0.2, 0.25) is 11.8 Å². The molecule has 1 spiro atoms. The second-order valence-corrected chi connectivity index (χ2v) is 8.71. The van der Waals surface area contributed by atoms with E-state index < -0.39 is 0 Å². The van der Waals surface area contributed by atoms with Gasteiger partial charge in [0.25, 0.3) is 0 Å². The maximum absolute atomic E-state index is 12.6. The summed E-state index contributed by atoms with van der Waals surface area (Å²) in [6, 6.07) is 8.24. The minimum Gasteiger partial charge on any atom is -0.340 e. The van der Waals surface area contributed by atoms with Gasteiger partial charge in [-0.3, -0.25) is 9.59 Å². The SMILES string of the molecule is CSc1cccc(CN(C)C(=O)CN2CC3(CCN(C)CC3)CC2=O)c1. The van der Waals surface area contributed by atoms with E-state index in [-0.39, 0.29) is 23.8 Å². The van der Waals surface area contributed by atoms with Crippen LogP contribution in [-0.4, -0.2) is 73.0 Å². The highest BCUT2D eigenvalue weighted by atomic mass is 32.2. The lowest BCUT2D eigenvalue weighted by atomic mass is 9.78. The van der Waals surface area contributed by atoms with Gasteiger partial charge in [0, 0.05) is 31.5 Å². The molecule has 0 unspecified atom stereocenters. The third kappa shape index (κ3) is 4.41. The molecule has 0 saturated carbocycles. The van der Waals surface area contributed by atoms with Gasteiger partial charge in [-0.1, -0.05) is 12.1 Å². The largest absolute Gasteiger partial charge is 0.340 e. The Morgan fingerprint density at radius 3 is 2.73 bits per heavy atom. The fourth-order valence-corrected chi connectivity index (χ4v) is 4.45. The number of amides is 2. The van der Waals surface area contributed by atoms with Gasteiger partial charge in [0.05, 0.1) is 6.54 Å². The zero-order valence-electron chi connectivity index (χ0n) is 16.0. The van der Waals surface area contributed by atoms with Crippen molar-refractivity contribution < 1.29 is 9.59 Å². The van der Waals surface area contributed by atoms with Crippen LogP contribution in [-0.2, 0) is 16.1 Å². The number of carbonyl (C=O) groups excluding carboxylic acids is 2. The molecule has 2 aliphatic rings. The predicted octanol–water partition coefficient (Wildman–Crippen LogP) is 2.31. The quantitative estimate of drug-likeness (QED) is 0.741. The first kappa shape index (κ1) is 19.2. The summed E-state index contributed by atoms with van der Waals surface area (Å²) in [5.41, 5.74) is 1.21. The van der Waals surface area contributed by atoms with Crippen LogP contribution in [0.4, 0.5) is 0 Å². The van der Waals surface area contributed by atoms with Gasteiger partial charge in [0.15, 0.2) is 0 Å². The van der Waals surface area contributed by atoms with E-state index in [2.05, 4.69) is 24.1 Å². The van der Waals surface area contributed by atoms with Crippen LogP contribution in [0.2, 0.25) is 0 Å². The second kappa shape index (κ2) is 8.01. The van der Waals surface area contributed by atoms with Crippen LogP contribution in [0.5, 0.6) is 0 Å². The molecule has 5 nitrogen and oxygen atoms in total. The van der Waals surface area contributed by atoms with Gasteiger partial charge in [-0.15, -0.1) is 11.8 Å². The number of hydrogen-bond donors (Lipinski definition) is 0. The Bertz CT molecular complexity index is 671. The first-order valence-corrected chi connectivity index (χ1v) is 10.5. The Morgan fingerprint density at radius 2 is 2.04 bits per heavy atom. The molecular weight excluding hydrogens is 346 g/mol. The third-order valence-electron chi connectivity index (χ3n) is 5.76. The molecule has 0 aromatic heterocycles. The molecule has 0 bridgehead atoms. The van der Waals surface area contributed by atoms with Crippen molar-refractivity contribution in [3.63, 3.8) is 0 Å². The van der Waals surface area contributed by atoms with Crippen LogP contribution in [0, 0.1) is 5.41 Å². The standard InChI is InChI=1S/C20H29N3O2S/c1-21-9-7-20(8-10-21)12-18(24)23(15-20)14-19(25)22(2)13-16-5-4-6-17(11-16)26-3/h4-6,11H,7-10,12-15H2,1-3H3. The Balaban J connectivity index is 1.56. The summed E-state index contributed by atoms with van der Waals surface area (Å²) in [4.78, 5) is 32.1. The molecule has 2 heterocycles. The van der Waals surface area contributed by atoms with Gasteiger partial charge >= 0.3 is 0 Å². The molecular formula is C20H29N3O2S. The fraction of sp³-hybridized carbons (Fsp3) is 0.600. The van der Waals surface area contributed by atoms with Crippen LogP contribution in [0.25, 0.3) is 0 Å². The normalized spacial score (nSPS) is 20.0. The van der Waals surface area contributed by atoms with Gasteiger partial charge in [0.1, 0.15) is 0 Å². The first-order valence-electron chi connectivity index (χ1n) is 9.24. The van der Waals surface area contributed by atoms with Crippen LogP contribution >= 0.6 is 11.8 Å². The average Bonchev–Trinajstić information content (AvgIpc) is 2.93. The summed E-state index contributed by atoms with van der Waals surface area (Å²) in [6.45, 7) is 3.60. The smallest absolute Gasteiger partial charge is 0.242 e. The van der Waals surface area contributed by atoms with E-state index >= 15 is 0 Å². The van der Waals surface area contributed by atoms with Crippen molar-refractivity contribution in [2.75, 3.05) is 46.5 Å². The van der Waals surface area contributed by atoms with Crippen molar-refractivity contribution in [3.05, 3.63) is 29.8 Å². The maximum atomic E-state index is 12.6. The average molecular weight is 376 g/mol. The van der Waals surface area contributed by atoms with E-state index in [0.29, 0.717) is 13.0 Å². The molecule has 0 N–H and O–H groups in total. The van der Waals surface area contributed by atoms with E-state index in [9.17, 15) is 9.59 Å². The molecule has 0 aliphatic carbocycles. The van der Waals surface area contributed by atoms with Gasteiger partial charge in [-0.25, -0.2) is 0 Å². The molecule has 6 heteroatoms. The van der Waals surface area contributed by atoms with E-state index in [0.717, 1.165) is 38.0 Å². The van der Waals surface area contributed by atoms with E-state index in [1.807, 2.05) is 25.4 Å². The van der Waals surface area contributed by atoms with Crippen molar-refractivity contribution >= 4 is 23.6 Å². The minimum absolute atomic E-state index is 0.0119. The lowest BCUT2D eigenvalue weighted by Gasteiger charge is -2.37. The van der Waals surface area contributed by atoms with Crippen LogP contribution < -0.4 is 0 Å². The number of hydrogen-bond acceptors (Lipinski definition) is 4. The summed E-state index contributed by atoms with van der Waals surface area (Å²) in [6.07, 6.45) is 4.76. The monoisotopic (exact) mass is 375 g/mol. The molecule has 3 rings (SSSR count). The number of rotatable bonds is 5. The van der Waals surface area contributed by atoms with E-state index in [4.69, 9.17) is 0 Å². The number of benzene rings is 1. The lowest BCUT2D eigenvalue weighted by Crippen LogP contribution is -2.42. The summed E-state index contributed by atoms with van der Waals surface area (Å²) in [5.74, 6) is 0.151. The predicted molar refractivity (Wildman–Crippen MR) is 105 cm³/mol. The van der Waals surface area contributed by atoms with Crippen molar-refractivity contribution in [2.45, 2.75) is 30.7 Å². The van der Waals surface area contributed by atoms with E-state index in [1.165, 1.54) is 4.90 Å². The van der Waals surface area contributed by atoms with Crippen molar-refractivity contribution in [3.8, 4) is 0 Å². The Morgan fingerprint density at radius 1 is 1.31 bits per heavy atom. The zero-order chi connectivity index (χ0) is 18.7. The van der Waals surface area contributed by atoms with Crippen molar-refractivity contribution in [1.29, 1.82) is 0 Å². The Kier molecular flexibility index (Phi) is 5.92. The molecule has 2 saturated heterocycles. The lowest BCUT2D eigenvalue weighted by molar-refractivity contribution is -0.137. The second-order valence-electron chi connectivity index (χ2n) is 7.83. The molecule has 1 aromatic carbocycles. The van der Waals surface area contributed by atoms with Crippen molar-refractivity contribution in [1.82, 2.24) is 14.7 Å². The molecule has 26 heavy (non-hydrogen) atoms. The maximum Gasteiger partial charge on any atom is 0.242 e. The molecule has 0 radical (unpaired) electrons. The number of piperidine rings is 1. The third-order valence-corrected chi connectivity index (χ3v) is 6.48. The summed E-state index contributed by atoms with van der Waals surface area (Å²) < 4.78 is 0. The van der Waals surface area contributed by atoms with Crippen LogP contribution in [0.3, 0.4) is 0 Å². The Labute approximate surface area is 160 Å². The van der Waals surface area contributed by atoms with E-state index in [1.54, 1.807) is 21.6 Å². The fourth-order valence-electron chi connectivity index (χ4n) is 3.97. The highest BCUT2D eigenvalue weighted by molar-refractivity contribution is 7.98. The van der Waals surface area contributed by atoms with Gasteiger partial charge in [-0.2, -0.15) is 0 Å². The molecule has 2 fully saturated rings. The highest BCUT2D eigenvalue weighted by Crippen LogP contribution is 2.40. The van der Waals surface area contributed by atoms with Crippen LogP contribution in [0.1, 0.15) is 24.8 Å². The van der Waals surface area contributed by atoms with Crippen molar-refractivity contribution in [2.24, 2.45) is 5.41 Å². The molecule has 0 atom stereocenters. The number of carbonyl (C=O) groups is 2. The summed E-state index contributed by atoms with van der Waals surface area (Å²) >= 11 is 1.70. The number of likely N-dealkylation sites (tertiary alicyclic amines) is 2. The minimum atomic E-state index is 0.0119. The first-order chi connectivity index (χ1) is 12.4. The number of likely N-dealkylation sites (N-methyl/N-ethyl adjacent to an activating group) is 1.